The van der Waals surface area contributed by atoms with Gasteiger partial charge in [0.1, 0.15) is 10.7 Å². The van der Waals surface area contributed by atoms with Crippen LogP contribution in [0.1, 0.15) is 9.88 Å². The Balaban J connectivity index is 2.35. The van der Waals surface area contributed by atoms with Gasteiger partial charge in [0.25, 0.3) is 0 Å². The molecule has 2 aromatic heterocycles. The minimum absolute atomic E-state index is 0.0563. The van der Waals surface area contributed by atoms with Crippen molar-refractivity contribution in [1.82, 2.24) is 9.97 Å². The summed E-state index contributed by atoms with van der Waals surface area (Å²) in [6, 6.07) is 0. The van der Waals surface area contributed by atoms with Gasteiger partial charge in [0.2, 0.25) is 0 Å². The Bertz CT molecular complexity index is 408. The van der Waals surface area contributed by atoms with Crippen molar-refractivity contribution in [3.05, 3.63) is 21.5 Å². The monoisotopic (exact) mass is 212 g/mol. The molecule has 0 radical (unpaired) electrons. The lowest BCUT2D eigenvalue weighted by atomic mass is 10.5. The Labute approximate surface area is 83.7 Å². The molecule has 0 atom stereocenters. The van der Waals surface area contributed by atoms with Crippen LogP contribution < -0.4 is 0 Å². The molecule has 0 aliphatic heterocycles. The van der Waals surface area contributed by atoms with Gasteiger partial charge in [-0.25, -0.2) is 9.97 Å². The number of thiazole rings is 2. The minimum atomic E-state index is 0.0563. The fourth-order valence-electron chi connectivity index (χ4n) is 0.961. The van der Waals surface area contributed by atoms with Crippen LogP contribution in [0.3, 0.4) is 0 Å². The number of hydrogen-bond acceptors (Lipinski definition) is 5. The zero-order valence-corrected chi connectivity index (χ0v) is 8.65. The van der Waals surface area contributed by atoms with Gasteiger partial charge in [-0.3, -0.25) is 0 Å². The molecular formula is C8H8N2OS2. The van der Waals surface area contributed by atoms with Crippen LogP contribution in [0.5, 0.6) is 0 Å². The summed E-state index contributed by atoms with van der Waals surface area (Å²) >= 11 is 3.09. The zero-order chi connectivity index (χ0) is 9.26. The van der Waals surface area contributed by atoms with Crippen molar-refractivity contribution < 1.29 is 5.11 Å². The third-order valence-corrected chi connectivity index (χ3v) is 3.33. The van der Waals surface area contributed by atoms with Gasteiger partial charge in [0.05, 0.1) is 16.5 Å². The van der Waals surface area contributed by atoms with Crippen LogP contribution in [0, 0.1) is 6.92 Å². The lowest BCUT2D eigenvalue weighted by Gasteiger charge is -1.85. The Morgan fingerprint density at radius 1 is 1.54 bits per heavy atom. The van der Waals surface area contributed by atoms with Crippen LogP contribution in [-0.4, -0.2) is 15.1 Å². The summed E-state index contributed by atoms with van der Waals surface area (Å²) in [5.74, 6) is 0. The van der Waals surface area contributed by atoms with E-state index in [9.17, 15) is 0 Å². The second-order valence-corrected chi connectivity index (χ2v) is 4.72. The van der Waals surface area contributed by atoms with Gasteiger partial charge in [-0.1, -0.05) is 0 Å². The molecule has 0 saturated heterocycles. The van der Waals surface area contributed by atoms with E-state index >= 15 is 0 Å². The second kappa shape index (κ2) is 3.53. The van der Waals surface area contributed by atoms with E-state index in [1.165, 1.54) is 11.3 Å². The Morgan fingerprint density at radius 3 is 2.92 bits per heavy atom. The van der Waals surface area contributed by atoms with Crippen LogP contribution >= 0.6 is 22.7 Å². The van der Waals surface area contributed by atoms with Crippen molar-refractivity contribution in [3.8, 4) is 10.7 Å². The quantitative estimate of drug-likeness (QED) is 0.829. The maximum Gasteiger partial charge on any atom is 0.143 e. The molecule has 68 valence electrons. The molecule has 3 nitrogen and oxygen atoms in total. The lowest BCUT2D eigenvalue weighted by molar-refractivity contribution is 0.285. The summed E-state index contributed by atoms with van der Waals surface area (Å²) in [5, 5.41) is 12.8. The molecule has 0 unspecified atom stereocenters. The number of aromatic nitrogens is 2. The van der Waals surface area contributed by atoms with E-state index in [2.05, 4.69) is 9.97 Å². The van der Waals surface area contributed by atoms with Gasteiger partial charge in [0.15, 0.2) is 0 Å². The molecule has 5 heteroatoms. The van der Waals surface area contributed by atoms with Crippen molar-refractivity contribution in [2.75, 3.05) is 0 Å². The molecule has 0 fully saturated rings. The Morgan fingerprint density at radius 2 is 2.38 bits per heavy atom. The summed E-state index contributed by atoms with van der Waals surface area (Å²) in [7, 11) is 0. The number of aliphatic hydroxyl groups is 1. The molecule has 0 aliphatic carbocycles. The van der Waals surface area contributed by atoms with Crippen LogP contribution in [0.2, 0.25) is 0 Å². The van der Waals surface area contributed by atoms with Gasteiger partial charge in [-0.2, -0.15) is 0 Å². The predicted molar refractivity (Wildman–Crippen MR) is 53.9 cm³/mol. The first-order chi connectivity index (χ1) is 6.29. The normalized spacial score (nSPS) is 10.6. The van der Waals surface area contributed by atoms with Gasteiger partial charge >= 0.3 is 0 Å². The number of rotatable bonds is 2. The average Bonchev–Trinajstić information content (AvgIpc) is 2.71. The standard InChI is InChI=1S/C8H8N2OS2/c1-5-10-7(4-12-5)8-9-2-6(3-11)13-8/h2,4,11H,3H2,1H3. The van der Waals surface area contributed by atoms with Gasteiger partial charge in [0, 0.05) is 11.6 Å². The first-order valence-electron chi connectivity index (χ1n) is 3.77. The van der Waals surface area contributed by atoms with E-state index in [1.54, 1.807) is 17.5 Å². The third kappa shape index (κ3) is 1.77. The highest BCUT2D eigenvalue weighted by atomic mass is 32.1. The summed E-state index contributed by atoms with van der Waals surface area (Å²) in [4.78, 5) is 9.36. The summed E-state index contributed by atoms with van der Waals surface area (Å²) in [6.45, 7) is 2.02. The summed E-state index contributed by atoms with van der Waals surface area (Å²) in [5.41, 5.74) is 0.909. The van der Waals surface area contributed by atoms with Crippen LogP contribution in [0.15, 0.2) is 11.6 Å². The highest BCUT2D eigenvalue weighted by Crippen LogP contribution is 2.25. The van der Waals surface area contributed by atoms with Crippen molar-refractivity contribution >= 4 is 22.7 Å². The van der Waals surface area contributed by atoms with E-state index in [0.717, 1.165) is 20.6 Å². The molecule has 0 saturated carbocycles. The lowest BCUT2D eigenvalue weighted by Crippen LogP contribution is -1.74. The van der Waals surface area contributed by atoms with E-state index in [0.29, 0.717) is 0 Å². The van der Waals surface area contributed by atoms with Crippen molar-refractivity contribution in [2.45, 2.75) is 13.5 Å². The largest absolute Gasteiger partial charge is 0.391 e. The maximum atomic E-state index is 8.86. The molecule has 0 bridgehead atoms. The van der Waals surface area contributed by atoms with E-state index in [1.807, 2.05) is 12.3 Å². The van der Waals surface area contributed by atoms with Gasteiger partial charge < -0.3 is 5.11 Å². The molecule has 2 aromatic rings. The maximum absolute atomic E-state index is 8.86. The van der Waals surface area contributed by atoms with Crippen LogP contribution in [0.25, 0.3) is 10.7 Å². The van der Waals surface area contributed by atoms with Gasteiger partial charge in [-0.05, 0) is 6.92 Å². The fourth-order valence-corrected chi connectivity index (χ4v) is 2.37. The molecule has 0 spiro atoms. The van der Waals surface area contributed by atoms with Crippen molar-refractivity contribution in [3.63, 3.8) is 0 Å². The molecule has 13 heavy (non-hydrogen) atoms. The fraction of sp³-hybridized carbons (Fsp3) is 0.250. The Hall–Kier alpha value is -0.780. The van der Waals surface area contributed by atoms with Crippen LogP contribution in [0.4, 0.5) is 0 Å². The molecule has 1 N–H and O–H groups in total. The van der Waals surface area contributed by atoms with Crippen molar-refractivity contribution in [1.29, 1.82) is 0 Å². The third-order valence-electron chi connectivity index (χ3n) is 1.55. The molecular weight excluding hydrogens is 204 g/mol. The van der Waals surface area contributed by atoms with Crippen LogP contribution in [-0.2, 0) is 6.61 Å². The summed E-state index contributed by atoms with van der Waals surface area (Å²) in [6.07, 6.45) is 1.69. The second-order valence-electron chi connectivity index (χ2n) is 2.54. The van der Waals surface area contributed by atoms with E-state index < -0.39 is 0 Å². The van der Waals surface area contributed by atoms with E-state index in [4.69, 9.17) is 5.11 Å². The molecule has 0 aromatic carbocycles. The molecule has 0 aliphatic rings. The molecule has 0 amide bonds. The molecule has 2 heterocycles. The minimum Gasteiger partial charge on any atom is -0.391 e. The average molecular weight is 212 g/mol. The number of aliphatic hydroxyl groups excluding tert-OH is 1. The summed E-state index contributed by atoms with van der Waals surface area (Å²) < 4.78 is 0. The molecule has 2 rings (SSSR count). The highest BCUT2D eigenvalue weighted by Gasteiger charge is 2.06. The number of aryl methyl sites for hydroxylation is 1. The predicted octanol–water partition coefficient (Wildman–Crippen LogP) is 2.07. The van der Waals surface area contributed by atoms with Gasteiger partial charge in [-0.15, -0.1) is 22.7 Å². The topological polar surface area (TPSA) is 46.0 Å². The van der Waals surface area contributed by atoms with E-state index in [-0.39, 0.29) is 6.61 Å². The first kappa shape index (κ1) is 8.80. The Kier molecular flexibility index (Phi) is 2.39. The first-order valence-corrected chi connectivity index (χ1v) is 5.47. The van der Waals surface area contributed by atoms with Crippen molar-refractivity contribution in [2.24, 2.45) is 0 Å². The number of hydrogen-bond donors (Lipinski definition) is 1. The highest BCUT2D eigenvalue weighted by molar-refractivity contribution is 7.15. The zero-order valence-electron chi connectivity index (χ0n) is 7.02. The number of nitrogens with zero attached hydrogens (tertiary/aromatic N) is 2. The smallest absolute Gasteiger partial charge is 0.143 e. The SMILES string of the molecule is Cc1nc(-c2ncc(CO)s2)cs1.